The van der Waals surface area contributed by atoms with Crippen LogP contribution in [0.1, 0.15) is 66.7 Å². The van der Waals surface area contributed by atoms with Gasteiger partial charge in [-0.25, -0.2) is 4.79 Å². The average Bonchev–Trinajstić information content (AvgIpc) is 2.45. The fourth-order valence-corrected chi connectivity index (χ4v) is 3.10. The van der Waals surface area contributed by atoms with E-state index in [0.29, 0.717) is 12.5 Å². The molecule has 0 aliphatic heterocycles. The highest BCUT2D eigenvalue weighted by molar-refractivity contribution is 5.68. The van der Waals surface area contributed by atoms with E-state index in [1.807, 2.05) is 20.8 Å². The van der Waals surface area contributed by atoms with Gasteiger partial charge in [-0.05, 0) is 39.5 Å². The Morgan fingerprint density at radius 1 is 1.22 bits per heavy atom. The van der Waals surface area contributed by atoms with Crippen molar-refractivity contribution in [1.82, 2.24) is 10.6 Å². The fourth-order valence-electron chi connectivity index (χ4n) is 3.10. The Balaban J connectivity index is 2.45. The minimum atomic E-state index is -0.484. The minimum absolute atomic E-state index is 0.0178. The van der Waals surface area contributed by atoms with Crippen molar-refractivity contribution in [2.24, 2.45) is 11.3 Å². The molecule has 0 aromatic heterocycles. The Labute approximate surface area is 141 Å². The lowest BCUT2D eigenvalue weighted by atomic mass is 9.74. The van der Waals surface area contributed by atoms with Crippen LogP contribution in [0, 0.1) is 11.3 Å². The SMILES string of the molecule is CC(C)C(CNCC1(CO)CCCCC1)NC(=O)OC(C)(C)C. The molecule has 0 bridgehead atoms. The van der Waals surface area contributed by atoms with E-state index in [1.165, 1.54) is 19.3 Å². The van der Waals surface area contributed by atoms with Crippen LogP contribution in [0.2, 0.25) is 0 Å². The van der Waals surface area contributed by atoms with Gasteiger partial charge < -0.3 is 20.5 Å². The number of nitrogens with one attached hydrogen (secondary N) is 2. The minimum Gasteiger partial charge on any atom is -0.444 e. The van der Waals surface area contributed by atoms with Gasteiger partial charge in [-0.2, -0.15) is 0 Å². The van der Waals surface area contributed by atoms with E-state index in [-0.39, 0.29) is 24.2 Å². The molecule has 5 nitrogen and oxygen atoms in total. The van der Waals surface area contributed by atoms with Gasteiger partial charge in [0.05, 0.1) is 0 Å². The molecule has 1 fully saturated rings. The summed E-state index contributed by atoms with van der Waals surface area (Å²) in [6.45, 7) is 11.5. The van der Waals surface area contributed by atoms with E-state index in [4.69, 9.17) is 4.74 Å². The van der Waals surface area contributed by atoms with E-state index in [1.54, 1.807) is 0 Å². The number of aliphatic hydroxyl groups is 1. The molecule has 5 heteroatoms. The van der Waals surface area contributed by atoms with E-state index in [0.717, 1.165) is 19.4 Å². The van der Waals surface area contributed by atoms with Gasteiger partial charge in [0.2, 0.25) is 0 Å². The van der Waals surface area contributed by atoms with Gasteiger partial charge in [-0.1, -0.05) is 33.1 Å². The summed E-state index contributed by atoms with van der Waals surface area (Å²) in [6.07, 6.45) is 5.48. The molecule has 136 valence electrons. The highest BCUT2D eigenvalue weighted by Crippen LogP contribution is 2.35. The molecule has 0 aromatic carbocycles. The second-order valence-electron chi connectivity index (χ2n) is 8.35. The van der Waals surface area contributed by atoms with Crippen LogP contribution in [0.4, 0.5) is 4.79 Å². The van der Waals surface area contributed by atoms with Gasteiger partial charge in [-0.3, -0.25) is 0 Å². The standard InChI is InChI=1S/C18H36N2O3/c1-14(2)15(20-16(22)23-17(3,4)5)11-19-12-18(13-21)9-7-6-8-10-18/h14-15,19,21H,6-13H2,1-5H3,(H,20,22). The van der Waals surface area contributed by atoms with Crippen molar-refractivity contribution in [3.8, 4) is 0 Å². The fraction of sp³-hybridized carbons (Fsp3) is 0.944. The normalized spacial score (nSPS) is 19.4. The van der Waals surface area contributed by atoms with Gasteiger partial charge >= 0.3 is 6.09 Å². The number of rotatable bonds is 7. The molecular weight excluding hydrogens is 292 g/mol. The zero-order valence-corrected chi connectivity index (χ0v) is 15.6. The molecule has 1 aliphatic rings. The van der Waals surface area contributed by atoms with Crippen molar-refractivity contribution in [3.05, 3.63) is 0 Å². The quantitative estimate of drug-likeness (QED) is 0.672. The van der Waals surface area contributed by atoms with Crippen LogP contribution in [-0.2, 0) is 4.74 Å². The maximum Gasteiger partial charge on any atom is 0.407 e. The monoisotopic (exact) mass is 328 g/mol. The molecule has 1 saturated carbocycles. The lowest BCUT2D eigenvalue weighted by Crippen LogP contribution is -2.49. The molecule has 23 heavy (non-hydrogen) atoms. The number of amides is 1. The van der Waals surface area contributed by atoms with Crippen molar-refractivity contribution in [3.63, 3.8) is 0 Å². The summed E-state index contributed by atoms with van der Waals surface area (Å²) >= 11 is 0. The second kappa shape index (κ2) is 8.88. The van der Waals surface area contributed by atoms with Crippen molar-refractivity contribution in [2.45, 2.75) is 78.4 Å². The summed E-state index contributed by atoms with van der Waals surface area (Å²) in [7, 11) is 0. The number of ether oxygens (including phenoxy) is 1. The highest BCUT2D eigenvalue weighted by atomic mass is 16.6. The molecule has 1 amide bonds. The third kappa shape index (κ3) is 7.53. The van der Waals surface area contributed by atoms with Gasteiger partial charge in [0, 0.05) is 31.2 Å². The van der Waals surface area contributed by atoms with Crippen LogP contribution in [-0.4, -0.2) is 42.5 Å². The molecule has 0 heterocycles. The van der Waals surface area contributed by atoms with E-state index in [9.17, 15) is 9.90 Å². The third-order valence-corrected chi connectivity index (χ3v) is 4.62. The number of carbonyl (C=O) groups excluding carboxylic acids is 1. The van der Waals surface area contributed by atoms with Crippen molar-refractivity contribution < 1.29 is 14.6 Å². The zero-order chi connectivity index (χ0) is 17.5. The largest absolute Gasteiger partial charge is 0.444 e. The molecule has 1 atom stereocenters. The Morgan fingerprint density at radius 3 is 2.30 bits per heavy atom. The van der Waals surface area contributed by atoms with Gasteiger partial charge in [-0.15, -0.1) is 0 Å². The first-order chi connectivity index (χ1) is 10.7. The predicted molar refractivity (Wildman–Crippen MR) is 93.5 cm³/mol. The number of carbonyl (C=O) groups is 1. The summed E-state index contributed by atoms with van der Waals surface area (Å²) in [5.74, 6) is 0.312. The summed E-state index contributed by atoms with van der Waals surface area (Å²) < 4.78 is 5.34. The molecule has 0 spiro atoms. The van der Waals surface area contributed by atoms with E-state index >= 15 is 0 Å². The molecular formula is C18H36N2O3. The Bertz CT molecular complexity index is 358. The van der Waals surface area contributed by atoms with E-state index in [2.05, 4.69) is 24.5 Å². The van der Waals surface area contributed by atoms with Crippen molar-refractivity contribution in [2.75, 3.05) is 19.7 Å². The van der Waals surface area contributed by atoms with E-state index < -0.39 is 5.60 Å². The third-order valence-electron chi connectivity index (χ3n) is 4.62. The summed E-state index contributed by atoms with van der Waals surface area (Å²) in [5, 5.41) is 16.2. The topological polar surface area (TPSA) is 70.6 Å². The van der Waals surface area contributed by atoms with Crippen LogP contribution >= 0.6 is 0 Å². The van der Waals surface area contributed by atoms with Crippen LogP contribution in [0.5, 0.6) is 0 Å². The van der Waals surface area contributed by atoms with Crippen LogP contribution in [0.25, 0.3) is 0 Å². The number of alkyl carbamates (subject to hydrolysis) is 1. The Kier molecular flexibility index (Phi) is 7.81. The summed E-state index contributed by atoms with van der Waals surface area (Å²) in [4.78, 5) is 12.0. The average molecular weight is 328 g/mol. The first-order valence-electron chi connectivity index (χ1n) is 8.98. The van der Waals surface area contributed by atoms with Gasteiger partial charge in [0.15, 0.2) is 0 Å². The van der Waals surface area contributed by atoms with Crippen LogP contribution in [0.15, 0.2) is 0 Å². The summed E-state index contributed by atoms with van der Waals surface area (Å²) in [5.41, 5.74) is -0.465. The highest BCUT2D eigenvalue weighted by Gasteiger charge is 2.31. The van der Waals surface area contributed by atoms with Gasteiger partial charge in [0.1, 0.15) is 5.60 Å². The predicted octanol–water partition coefficient (Wildman–Crippen LogP) is 3.07. The summed E-state index contributed by atoms with van der Waals surface area (Å²) in [6, 6.07) is 0.0178. The molecule has 3 N–H and O–H groups in total. The molecule has 1 rings (SSSR count). The molecule has 0 radical (unpaired) electrons. The number of aliphatic hydroxyl groups excluding tert-OH is 1. The molecule has 0 saturated heterocycles. The maximum atomic E-state index is 12.0. The van der Waals surface area contributed by atoms with Crippen molar-refractivity contribution in [1.29, 1.82) is 0 Å². The Hall–Kier alpha value is -0.810. The number of hydrogen-bond acceptors (Lipinski definition) is 4. The number of hydrogen-bond donors (Lipinski definition) is 3. The van der Waals surface area contributed by atoms with Crippen molar-refractivity contribution >= 4 is 6.09 Å². The van der Waals surface area contributed by atoms with Crippen LogP contribution in [0.3, 0.4) is 0 Å². The smallest absolute Gasteiger partial charge is 0.407 e. The zero-order valence-electron chi connectivity index (χ0n) is 15.6. The molecule has 1 aliphatic carbocycles. The second-order valence-corrected chi connectivity index (χ2v) is 8.35. The first kappa shape index (κ1) is 20.2. The first-order valence-corrected chi connectivity index (χ1v) is 8.98. The lowest BCUT2D eigenvalue weighted by molar-refractivity contribution is 0.0483. The lowest BCUT2D eigenvalue weighted by Gasteiger charge is -2.36. The molecule has 1 unspecified atom stereocenters. The van der Waals surface area contributed by atoms with Crippen LogP contribution < -0.4 is 10.6 Å². The maximum absolute atomic E-state index is 12.0. The van der Waals surface area contributed by atoms with Gasteiger partial charge in [0.25, 0.3) is 0 Å². The Morgan fingerprint density at radius 2 is 1.83 bits per heavy atom. The molecule has 0 aromatic rings.